The highest BCUT2D eigenvalue weighted by atomic mass is 35.5. The SMILES string of the molecule is Cc1ccc(Cl)c(NC(=O)N2CCOCC2)c1Cl. The summed E-state index contributed by atoms with van der Waals surface area (Å²) in [6.45, 7) is 4.13. The van der Waals surface area contributed by atoms with E-state index in [1.165, 1.54) is 0 Å². The zero-order valence-corrected chi connectivity index (χ0v) is 11.5. The van der Waals surface area contributed by atoms with E-state index in [1.54, 1.807) is 11.0 Å². The summed E-state index contributed by atoms with van der Waals surface area (Å²) in [6, 6.07) is 3.33. The Morgan fingerprint density at radius 2 is 2.00 bits per heavy atom. The standard InChI is InChI=1S/C12H14Cl2N2O2/c1-8-2-3-9(13)11(10(8)14)15-12(17)16-4-6-18-7-5-16/h2-3H,4-7H2,1H3,(H,15,17). The monoisotopic (exact) mass is 288 g/mol. The minimum atomic E-state index is -0.201. The molecule has 1 aliphatic rings. The van der Waals surface area contributed by atoms with Crippen molar-refractivity contribution in [1.82, 2.24) is 4.90 Å². The normalized spacial score (nSPS) is 15.6. The number of nitrogens with one attached hydrogen (secondary N) is 1. The first-order valence-electron chi connectivity index (χ1n) is 5.68. The number of anilines is 1. The number of benzene rings is 1. The molecule has 0 aromatic heterocycles. The Balaban J connectivity index is 2.13. The third kappa shape index (κ3) is 2.88. The van der Waals surface area contributed by atoms with Gasteiger partial charge in [-0.05, 0) is 18.6 Å². The van der Waals surface area contributed by atoms with E-state index < -0.39 is 0 Å². The zero-order chi connectivity index (χ0) is 13.1. The summed E-state index contributed by atoms with van der Waals surface area (Å²) in [6.07, 6.45) is 0. The lowest BCUT2D eigenvalue weighted by molar-refractivity contribution is 0.0564. The number of ether oxygens (including phenoxy) is 1. The molecule has 0 saturated carbocycles. The largest absolute Gasteiger partial charge is 0.378 e. The van der Waals surface area contributed by atoms with E-state index in [0.29, 0.717) is 42.0 Å². The van der Waals surface area contributed by atoms with Crippen LogP contribution in [0, 0.1) is 6.92 Å². The first-order valence-corrected chi connectivity index (χ1v) is 6.43. The van der Waals surface area contributed by atoms with Gasteiger partial charge in [0.25, 0.3) is 0 Å². The maximum atomic E-state index is 12.0. The fraction of sp³-hybridized carbons (Fsp3) is 0.417. The Morgan fingerprint density at radius 1 is 1.33 bits per heavy atom. The number of rotatable bonds is 1. The smallest absolute Gasteiger partial charge is 0.322 e. The Labute approximate surface area is 116 Å². The van der Waals surface area contributed by atoms with Crippen LogP contribution in [-0.4, -0.2) is 37.2 Å². The number of hydrogen-bond donors (Lipinski definition) is 1. The van der Waals surface area contributed by atoms with E-state index >= 15 is 0 Å². The molecule has 18 heavy (non-hydrogen) atoms. The number of urea groups is 1. The van der Waals surface area contributed by atoms with Crippen LogP contribution in [0.1, 0.15) is 5.56 Å². The van der Waals surface area contributed by atoms with Crippen molar-refractivity contribution < 1.29 is 9.53 Å². The molecule has 1 aromatic carbocycles. The summed E-state index contributed by atoms with van der Waals surface area (Å²) in [5.74, 6) is 0. The Bertz CT molecular complexity index is 460. The molecule has 98 valence electrons. The van der Waals surface area contributed by atoms with Gasteiger partial charge in [-0.3, -0.25) is 0 Å². The van der Waals surface area contributed by atoms with Gasteiger partial charge in [0.2, 0.25) is 0 Å². The van der Waals surface area contributed by atoms with Crippen molar-refractivity contribution >= 4 is 34.9 Å². The number of carbonyl (C=O) groups is 1. The first kappa shape index (κ1) is 13.5. The molecule has 6 heteroatoms. The molecule has 0 aliphatic carbocycles. The van der Waals surface area contributed by atoms with Crippen LogP contribution < -0.4 is 5.32 Å². The van der Waals surface area contributed by atoms with E-state index in [4.69, 9.17) is 27.9 Å². The molecular formula is C12H14Cl2N2O2. The minimum absolute atomic E-state index is 0.201. The highest BCUT2D eigenvalue weighted by molar-refractivity contribution is 6.40. The van der Waals surface area contributed by atoms with E-state index in [2.05, 4.69) is 5.32 Å². The second-order valence-electron chi connectivity index (χ2n) is 4.08. The fourth-order valence-electron chi connectivity index (χ4n) is 1.72. The molecule has 1 aromatic rings. The number of hydrogen-bond acceptors (Lipinski definition) is 2. The van der Waals surface area contributed by atoms with Crippen LogP contribution in [-0.2, 0) is 4.74 Å². The van der Waals surface area contributed by atoms with Gasteiger partial charge in [-0.15, -0.1) is 0 Å². The second-order valence-corrected chi connectivity index (χ2v) is 4.87. The summed E-state index contributed by atoms with van der Waals surface area (Å²) < 4.78 is 5.19. The van der Waals surface area contributed by atoms with Crippen molar-refractivity contribution in [3.8, 4) is 0 Å². The van der Waals surface area contributed by atoms with Gasteiger partial charge < -0.3 is 15.0 Å². The molecule has 1 fully saturated rings. The average molecular weight is 289 g/mol. The molecule has 2 amide bonds. The molecule has 2 rings (SSSR count). The minimum Gasteiger partial charge on any atom is -0.378 e. The number of aryl methyl sites for hydroxylation is 1. The van der Waals surface area contributed by atoms with Gasteiger partial charge in [0.05, 0.1) is 28.9 Å². The summed E-state index contributed by atoms with van der Waals surface area (Å²) in [5.41, 5.74) is 1.34. The second kappa shape index (κ2) is 5.78. The Morgan fingerprint density at radius 3 is 2.67 bits per heavy atom. The third-order valence-electron chi connectivity index (χ3n) is 2.81. The lowest BCUT2D eigenvalue weighted by Gasteiger charge is -2.27. The van der Waals surface area contributed by atoms with Crippen LogP contribution in [0.5, 0.6) is 0 Å². The topological polar surface area (TPSA) is 41.6 Å². The van der Waals surface area contributed by atoms with E-state index in [1.807, 2.05) is 13.0 Å². The highest BCUT2D eigenvalue weighted by Crippen LogP contribution is 2.33. The van der Waals surface area contributed by atoms with Crippen molar-refractivity contribution in [3.63, 3.8) is 0 Å². The lowest BCUT2D eigenvalue weighted by Crippen LogP contribution is -2.43. The molecule has 1 aliphatic heterocycles. The molecule has 0 unspecified atom stereocenters. The molecule has 1 heterocycles. The quantitative estimate of drug-likeness (QED) is 0.862. The van der Waals surface area contributed by atoms with Gasteiger partial charge in [0.1, 0.15) is 0 Å². The summed E-state index contributed by atoms with van der Waals surface area (Å²) in [7, 11) is 0. The molecule has 0 radical (unpaired) electrons. The molecule has 0 spiro atoms. The van der Waals surface area contributed by atoms with Crippen molar-refractivity contribution in [2.75, 3.05) is 31.6 Å². The zero-order valence-electron chi connectivity index (χ0n) is 10.0. The van der Waals surface area contributed by atoms with Crippen LogP contribution >= 0.6 is 23.2 Å². The van der Waals surface area contributed by atoms with Crippen molar-refractivity contribution in [2.24, 2.45) is 0 Å². The van der Waals surface area contributed by atoms with Gasteiger partial charge in [0, 0.05) is 13.1 Å². The predicted octanol–water partition coefficient (Wildman–Crippen LogP) is 3.17. The molecule has 4 nitrogen and oxygen atoms in total. The number of halogens is 2. The van der Waals surface area contributed by atoms with E-state index in [0.717, 1.165) is 5.56 Å². The van der Waals surface area contributed by atoms with Crippen molar-refractivity contribution in [2.45, 2.75) is 6.92 Å². The van der Waals surface area contributed by atoms with Gasteiger partial charge >= 0.3 is 6.03 Å². The van der Waals surface area contributed by atoms with E-state index in [-0.39, 0.29) is 6.03 Å². The summed E-state index contributed by atoms with van der Waals surface area (Å²) in [5, 5.41) is 3.67. The van der Waals surface area contributed by atoms with Crippen LogP contribution in [0.3, 0.4) is 0 Å². The maximum Gasteiger partial charge on any atom is 0.322 e. The van der Waals surface area contributed by atoms with Gasteiger partial charge in [0.15, 0.2) is 0 Å². The highest BCUT2D eigenvalue weighted by Gasteiger charge is 2.19. The lowest BCUT2D eigenvalue weighted by atomic mass is 10.2. The van der Waals surface area contributed by atoms with Gasteiger partial charge in [-0.2, -0.15) is 0 Å². The van der Waals surface area contributed by atoms with Gasteiger partial charge in [-0.25, -0.2) is 4.79 Å². The maximum absolute atomic E-state index is 12.0. The van der Waals surface area contributed by atoms with Crippen LogP contribution in [0.4, 0.5) is 10.5 Å². The van der Waals surface area contributed by atoms with E-state index in [9.17, 15) is 4.79 Å². The number of morpholine rings is 1. The molecular weight excluding hydrogens is 275 g/mol. The number of nitrogens with zero attached hydrogens (tertiary/aromatic N) is 1. The van der Waals surface area contributed by atoms with Crippen molar-refractivity contribution in [3.05, 3.63) is 27.7 Å². The summed E-state index contributed by atoms with van der Waals surface area (Å²) >= 11 is 12.2. The molecule has 1 saturated heterocycles. The van der Waals surface area contributed by atoms with Crippen LogP contribution in [0.2, 0.25) is 10.0 Å². The molecule has 0 atom stereocenters. The fourth-order valence-corrected chi connectivity index (χ4v) is 2.19. The number of amides is 2. The molecule has 0 bridgehead atoms. The molecule has 1 N–H and O–H groups in total. The Hall–Kier alpha value is -0.970. The predicted molar refractivity (Wildman–Crippen MR) is 72.6 cm³/mol. The van der Waals surface area contributed by atoms with Crippen LogP contribution in [0.15, 0.2) is 12.1 Å². The third-order valence-corrected chi connectivity index (χ3v) is 3.62. The van der Waals surface area contributed by atoms with Crippen LogP contribution in [0.25, 0.3) is 0 Å². The number of carbonyl (C=O) groups excluding carboxylic acids is 1. The van der Waals surface area contributed by atoms with Crippen molar-refractivity contribution in [1.29, 1.82) is 0 Å². The first-order chi connectivity index (χ1) is 8.59. The Kier molecular flexibility index (Phi) is 4.32. The average Bonchev–Trinajstić information content (AvgIpc) is 2.40. The van der Waals surface area contributed by atoms with Gasteiger partial charge in [-0.1, -0.05) is 29.3 Å². The summed E-state index contributed by atoms with van der Waals surface area (Å²) in [4.78, 5) is 13.7.